The fourth-order valence-corrected chi connectivity index (χ4v) is 0.857. The molecule has 1 radical (unpaired) electrons. The first-order chi connectivity index (χ1) is 4.63. The smallest absolute Gasteiger partial charge is 0.0859 e. The molecule has 1 unspecified atom stereocenters. The molecule has 0 fully saturated rings. The minimum absolute atomic E-state index is 0. The second-order valence-corrected chi connectivity index (χ2v) is 3.32. The van der Waals surface area contributed by atoms with Crippen molar-refractivity contribution < 1.29 is 0 Å². The molecule has 0 aromatic heterocycles. The monoisotopic (exact) mass is 169 g/mol. The van der Waals surface area contributed by atoms with Crippen LogP contribution >= 0.6 is 0 Å². The number of hydrogen-bond donors (Lipinski definition) is 0. The largest absolute Gasteiger partial charge is 0.187 e. The van der Waals surface area contributed by atoms with Crippen LogP contribution in [0.25, 0.3) is 0 Å². The summed E-state index contributed by atoms with van der Waals surface area (Å²) in [5, 5.41) is 0. The van der Waals surface area contributed by atoms with Gasteiger partial charge in [0.25, 0.3) is 0 Å². The first-order valence-corrected chi connectivity index (χ1v) is 4.09. The quantitative estimate of drug-likeness (QED) is 0.344. The van der Waals surface area contributed by atoms with Gasteiger partial charge in [0.05, 0.1) is 0 Å². The van der Waals surface area contributed by atoms with Gasteiger partial charge < -0.3 is 0 Å². The van der Waals surface area contributed by atoms with E-state index in [1.165, 1.54) is 24.8 Å². The third-order valence-corrected chi connectivity index (χ3v) is 1.45. The van der Waals surface area contributed by atoms with E-state index in [1.54, 1.807) is 0 Å². The lowest BCUT2D eigenvalue weighted by atomic mass is 10.1. The van der Waals surface area contributed by atoms with Crippen LogP contribution in [0.5, 0.6) is 0 Å². The fraction of sp³-hybridized carbons (Fsp3) is 0.700. The van der Waals surface area contributed by atoms with Crippen LogP contribution in [0.4, 0.5) is 0 Å². The second kappa shape index (κ2) is 8.37. The molecule has 0 N–H and O–H groups in total. The Morgan fingerprint density at radius 2 is 2.00 bits per heavy atom. The molecule has 1 heteroatoms. The summed E-state index contributed by atoms with van der Waals surface area (Å²) in [5.74, 6) is 0.616. The van der Waals surface area contributed by atoms with E-state index in [0.717, 1.165) is 0 Å². The third kappa shape index (κ3) is 13.3. The molecule has 0 spiro atoms. The van der Waals surface area contributed by atoms with Crippen molar-refractivity contribution in [1.29, 1.82) is 0 Å². The maximum Gasteiger partial charge on any atom is 0.187 e. The molecule has 65 valence electrons. The zero-order chi connectivity index (χ0) is 7.98. The standard InChI is InChI=1S/C10H19.Al.3H/c1-9(2)7-5-6-8-10(3)4;;;;/h8-9H,1,5-7H2,2-4H3;;;;. The van der Waals surface area contributed by atoms with E-state index in [4.69, 9.17) is 0 Å². The van der Waals surface area contributed by atoms with Crippen molar-refractivity contribution in [2.75, 3.05) is 0 Å². The van der Waals surface area contributed by atoms with Gasteiger partial charge in [0.2, 0.25) is 0 Å². The minimum atomic E-state index is 0. The molecule has 0 amide bonds. The molecule has 0 nitrogen and oxygen atoms in total. The van der Waals surface area contributed by atoms with Crippen molar-refractivity contribution in [2.45, 2.75) is 40.0 Å². The van der Waals surface area contributed by atoms with Crippen molar-refractivity contribution in [3.05, 3.63) is 18.6 Å². The van der Waals surface area contributed by atoms with Crippen LogP contribution in [-0.4, -0.2) is 17.4 Å². The van der Waals surface area contributed by atoms with Crippen molar-refractivity contribution in [3.8, 4) is 0 Å². The van der Waals surface area contributed by atoms with E-state index in [0.29, 0.717) is 5.92 Å². The highest BCUT2D eigenvalue weighted by Gasteiger charge is 1.91. The molecular formula is C10H22Al. The summed E-state index contributed by atoms with van der Waals surface area (Å²) in [6.07, 6.45) is 6.06. The van der Waals surface area contributed by atoms with Crippen LogP contribution in [-0.2, 0) is 0 Å². The van der Waals surface area contributed by atoms with Gasteiger partial charge in [-0.05, 0) is 32.6 Å². The Bertz CT molecular complexity index is 99.4. The summed E-state index contributed by atoms with van der Waals surface area (Å²) in [4.78, 5) is 0. The zero-order valence-corrected chi connectivity index (χ0v) is 7.48. The molecule has 0 aliphatic rings. The number of rotatable bonds is 4. The highest BCUT2D eigenvalue weighted by molar-refractivity contribution is 5.75. The van der Waals surface area contributed by atoms with Gasteiger partial charge in [-0.25, -0.2) is 0 Å². The van der Waals surface area contributed by atoms with Gasteiger partial charge in [-0.1, -0.05) is 31.9 Å². The summed E-state index contributed by atoms with van der Waals surface area (Å²) in [5.41, 5.74) is 1.43. The van der Waals surface area contributed by atoms with E-state index in [1.807, 2.05) is 0 Å². The lowest BCUT2D eigenvalue weighted by Crippen LogP contribution is -1.85. The van der Waals surface area contributed by atoms with Crippen LogP contribution in [0.2, 0.25) is 0 Å². The van der Waals surface area contributed by atoms with Crippen molar-refractivity contribution in [2.24, 2.45) is 5.92 Å². The Morgan fingerprint density at radius 3 is 2.36 bits per heavy atom. The van der Waals surface area contributed by atoms with Crippen molar-refractivity contribution in [1.82, 2.24) is 0 Å². The lowest BCUT2D eigenvalue weighted by molar-refractivity contribution is 0.608. The van der Waals surface area contributed by atoms with Crippen LogP contribution in [0.15, 0.2) is 11.6 Å². The molecule has 0 rings (SSSR count). The number of allylic oxidation sites excluding steroid dienone is 2. The lowest BCUT2D eigenvalue weighted by Gasteiger charge is -2.00. The predicted molar refractivity (Wildman–Crippen MR) is 57.7 cm³/mol. The maximum atomic E-state index is 3.93. The van der Waals surface area contributed by atoms with E-state index in [9.17, 15) is 0 Å². The Hall–Kier alpha value is 0.272. The molecule has 0 aliphatic carbocycles. The number of unbranched alkanes of at least 4 members (excludes halogenated alkanes) is 1. The molecule has 0 aromatic rings. The molecule has 0 heterocycles. The third-order valence-electron chi connectivity index (χ3n) is 1.45. The van der Waals surface area contributed by atoms with Gasteiger partial charge in [-0.15, -0.1) is 0 Å². The summed E-state index contributed by atoms with van der Waals surface area (Å²) in [6, 6.07) is 0. The number of hydrogen-bond acceptors (Lipinski definition) is 0. The van der Waals surface area contributed by atoms with Crippen molar-refractivity contribution in [3.63, 3.8) is 0 Å². The molecule has 0 aromatic carbocycles. The van der Waals surface area contributed by atoms with Gasteiger partial charge in [0, 0.05) is 0 Å². The molecule has 0 saturated carbocycles. The van der Waals surface area contributed by atoms with Crippen LogP contribution in [0.3, 0.4) is 0 Å². The topological polar surface area (TPSA) is 0 Å². The molecule has 0 saturated heterocycles. The molecule has 1 atom stereocenters. The minimum Gasteiger partial charge on any atom is -0.0859 e. The summed E-state index contributed by atoms with van der Waals surface area (Å²) < 4.78 is 0. The highest BCUT2D eigenvalue weighted by atomic mass is 27.0. The molecule has 0 bridgehead atoms. The highest BCUT2D eigenvalue weighted by Crippen LogP contribution is 2.07. The van der Waals surface area contributed by atoms with E-state index in [-0.39, 0.29) is 17.4 Å². The zero-order valence-electron chi connectivity index (χ0n) is 7.48. The average molecular weight is 169 g/mol. The van der Waals surface area contributed by atoms with Gasteiger partial charge in [0.1, 0.15) is 0 Å². The van der Waals surface area contributed by atoms with E-state index >= 15 is 0 Å². The summed E-state index contributed by atoms with van der Waals surface area (Å²) in [6.45, 7) is 10.4. The van der Waals surface area contributed by atoms with Gasteiger partial charge in [-0.3, -0.25) is 0 Å². The van der Waals surface area contributed by atoms with Crippen LogP contribution in [0.1, 0.15) is 40.0 Å². The Labute approximate surface area is 82.2 Å². The Morgan fingerprint density at radius 1 is 1.45 bits per heavy atom. The van der Waals surface area contributed by atoms with Crippen molar-refractivity contribution >= 4 is 17.4 Å². The van der Waals surface area contributed by atoms with Crippen LogP contribution in [0, 0.1) is 12.8 Å². The Balaban J connectivity index is 0. The van der Waals surface area contributed by atoms with E-state index < -0.39 is 0 Å². The maximum absolute atomic E-state index is 3.93. The predicted octanol–water partition coefficient (Wildman–Crippen LogP) is 2.41. The molecule has 0 aliphatic heterocycles. The Kier molecular flexibility index (Phi) is 10.5. The molecular weight excluding hydrogens is 147 g/mol. The average Bonchev–Trinajstić information content (AvgIpc) is 1.79. The van der Waals surface area contributed by atoms with E-state index in [2.05, 4.69) is 33.8 Å². The summed E-state index contributed by atoms with van der Waals surface area (Å²) in [7, 11) is 0. The fourth-order valence-electron chi connectivity index (χ4n) is 0.857. The van der Waals surface area contributed by atoms with Crippen LogP contribution < -0.4 is 0 Å². The first kappa shape index (κ1) is 13.8. The SMILES string of the molecule is [AlH3].[CH2]C(C)CCCC=C(C)C. The second-order valence-electron chi connectivity index (χ2n) is 3.32. The van der Waals surface area contributed by atoms with Gasteiger partial charge >= 0.3 is 0 Å². The van der Waals surface area contributed by atoms with Gasteiger partial charge in [-0.2, -0.15) is 0 Å². The van der Waals surface area contributed by atoms with Gasteiger partial charge in [0.15, 0.2) is 17.4 Å². The first-order valence-electron chi connectivity index (χ1n) is 4.09. The normalized spacial score (nSPS) is 9.18. The summed E-state index contributed by atoms with van der Waals surface area (Å²) >= 11 is 0. The molecule has 11 heavy (non-hydrogen) atoms.